The van der Waals surface area contributed by atoms with E-state index in [0.717, 1.165) is 25.5 Å². The highest BCUT2D eigenvalue weighted by atomic mass is 19.1. The summed E-state index contributed by atoms with van der Waals surface area (Å²) in [5.74, 6) is -0.387. The molecule has 5 heteroatoms. The summed E-state index contributed by atoms with van der Waals surface area (Å²) >= 11 is 0. The summed E-state index contributed by atoms with van der Waals surface area (Å²) in [7, 11) is 1.91. The first-order chi connectivity index (χ1) is 8.60. The van der Waals surface area contributed by atoms with Crippen molar-refractivity contribution in [1.29, 1.82) is 0 Å². The fourth-order valence-electron chi connectivity index (χ4n) is 2.16. The molecule has 0 radical (unpaired) electrons. The van der Waals surface area contributed by atoms with Gasteiger partial charge in [0.15, 0.2) is 11.6 Å². The van der Waals surface area contributed by atoms with E-state index in [0.29, 0.717) is 5.92 Å². The lowest BCUT2D eigenvalue weighted by Gasteiger charge is -2.35. The Labute approximate surface area is 105 Å². The van der Waals surface area contributed by atoms with Crippen LogP contribution in [-0.4, -0.2) is 25.6 Å². The zero-order valence-electron chi connectivity index (χ0n) is 10.3. The summed E-state index contributed by atoms with van der Waals surface area (Å²) in [6.45, 7) is 0.961. The van der Waals surface area contributed by atoms with Gasteiger partial charge in [-0.1, -0.05) is 0 Å². The van der Waals surface area contributed by atoms with E-state index in [1.807, 2.05) is 7.05 Å². The Morgan fingerprint density at radius 2 is 2.28 bits per heavy atom. The van der Waals surface area contributed by atoms with E-state index in [-0.39, 0.29) is 17.4 Å². The molecule has 1 amide bonds. The van der Waals surface area contributed by atoms with Crippen LogP contribution in [0.5, 0.6) is 5.75 Å². The van der Waals surface area contributed by atoms with Gasteiger partial charge in [-0.05, 0) is 50.6 Å². The summed E-state index contributed by atoms with van der Waals surface area (Å²) in [6.07, 6.45) is 1.92. The summed E-state index contributed by atoms with van der Waals surface area (Å²) in [6, 6.07) is 4.05. The van der Waals surface area contributed by atoms with Gasteiger partial charge >= 0.3 is 0 Å². The Kier molecular flexibility index (Phi) is 3.81. The van der Waals surface area contributed by atoms with Gasteiger partial charge in [0.1, 0.15) is 0 Å². The zero-order chi connectivity index (χ0) is 13.1. The number of benzene rings is 1. The van der Waals surface area contributed by atoms with Crippen LogP contribution in [-0.2, 0) is 0 Å². The third-order valence-corrected chi connectivity index (χ3v) is 3.20. The van der Waals surface area contributed by atoms with Gasteiger partial charge in [-0.25, -0.2) is 4.39 Å². The molecule has 0 heterocycles. The van der Waals surface area contributed by atoms with Crippen LogP contribution in [0, 0.1) is 11.7 Å². The standard InChI is InChI=1S/C13H17FN2O2/c1-16-7-8-4-10(5-8)18-12-3-2-9(13(15)17)6-11(12)14/h2-3,6,8,10,16H,4-5,7H2,1H3,(H2,15,17). The minimum Gasteiger partial charge on any atom is -0.487 e. The molecular formula is C13H17FN2O2. The maximum atomic E-state index is 13.6. The largest absolute Gasteiger partial charge is 0.487 e. The molecule has 4 nitrogen and oxygen atoms in total. The van der Waals surface area contributed by atoms with E-state index in [2.05, 4.69) is 5.32 Å². The van der Waals surface area contributed by atoms with Crippen LogP contribution in [0.3, 0.4) is 0 Å². The van der Waals surface area contributed by atoms with Crippen molar-refractivity contribution >= 4 is 5.91 Å². The van der Waals surface area contributed by atoms with Gasteiger partial charge in [0.25, 0.3) is 0 Å². The van der Waals surface area contributed by atoms with Gasteiger partial charge in [0, 0.05) is 5.56 Å². The van der Waals surface area contributed by atoms with Gasteiger partial charge in [-0.3, -0.25) is 4.79 Å². The van der Waals surface area contributed by atoms with Gasteiger partial charge < -0.3 is 15.8 Å². The van der Waals surface area contributed by atoms with Gasteiger partial charge in [-0.2, -0.15) is 0 Å². The van der Waals surface area contributed by atoms with Crippen molar-refractivity contribution in [1.82, 2.24) is 5.32 Å². The van der Waals surface area contributed by atoms with Crippen molar-refractivity contribution in [3.8, 4) is 5.75 Å². The first kappa shape index (κ1) is 12.8. The first-order valence-electron chi connectivity index (χ1n) is 6.00. The molecule has 1 fully saturated rings. The molecule has 0 atom stereocenters. The minimum atomic E-state index is -0.641. The highest BCUT2D eigenvalue weighted by Gasteiger charge is 2.30. The normalized spacial score (nSPS) is 22.3. The molecule has 0 spiro atoms. The minimum absolute atomic E-state index is 0.0669. The van der Waals surface area contributed by atoms with Gasteiger partial charge in [0.2, 0.25) is 5.91 Å². The van der Waals surface area contributed by atoms with Gasteiger partial charge in [-0.15, -0.1) is 0 Å². The molecule has 0 aromatic heterocycles. The summed E-state index contributed by atoms with van der Waals surface area (Å²) in [4.78, 5) is 10.9. The number of carbonyl (C=O) groups excluding carboxylic acids is 1. The van der Waals surface area contributed by atoms with Crippen LogP contribution in [0.1, 0.15) is 23.2 Å². The molecule has 0 aliphatic heterocycles. The number of nitrogens with one attached hydrogen (secondary N) is 1. The lowest BCUT2D eigenvalue weighted by molar-refractivity contribution is 0.0622. The molecule has 1 aliphatic rings. The Morgan fingerprint density at radius 1 is 1.56 bits per heavy atom. The molecule has 0 saturated heterocycles. The van der Waals surface area contributed by atoms with Crippen molar-refractivity contribution in [3.63, 3.8) is 0 Å². The summed E-state index contributed by atoms with van der Waals surface area (Å²) in [5.41, 5.74) is 5.22. The molecular weight excluding hydrogens is 235 g/mol. The molecule has 2 rings (SSSR count). The third-order valence-electron chi connectivity index (χ3n) is 3.20. The highest BCUT2D eigenvalue weighted by Crippen LogP contribution is 2.32. The fraction of sp³-hybridized carbons (Fsp3) is 0.462. The average Bonchev–Trinajstić information content (AvgIpc) is 2.28. The van der Waals surface area contributed by atoms with Crippen LogP contribution in [0.2, 0.25) is 0 Å². The highest BCUT2D eigenvalue weighted by molar-refractivity contribution is 5.92. The van der Waals surface area contributed by atoms with Crippen LogP contribution in [0.25, 0.3) is 0 Å². The van der Waals surface area contributed by atoms with Crippen molar-refractivity contribution in [2.45, 2.75) is 18.9 Å². The summed E-state index contributed by atoms with van der Waals surface area (Å²) in [5, 5.41) is 3.10. The van der Waals surface area contributed by atoms with E-state index >= 15 is 0 Å². The van der Waals surface area contributed by atoms with Crippen LogP contribution in [0.4, 0.5) is 4.39 Å². The smallest absolute Gasteiger partial charge is 0.248 e. The molecule has 18 heavy (non-hydrogen) atoms. The molecule has 1 aromatic rings. The van der Waals surface area contributed by atoms with Gasteiger partial charge in [0.05, 0.1) is 6.10 Å². The number of hydrogen-bond donors (Lipinski definition) is 2. The topological polar surface area (TPSA) is 64.3 Å². The Bertz CT molecular complexity index is 445. The maximum absolute atomic E-state index is 13.6. The predicted octanol–water partition coefficient (Wildman–Crippen LogP) is 1.30. The lowest BCUT2D eigenvalue weighted by atomic mass is 9.82. The molecule has 1 aromatic carbocycles. The monoisotopic (exact) mass is 252 g/mol. The number of halogens is 1. The van der Waals surface area contributed by atoms with E-state index in [9.17, 15) is 9.18 Å². The quantitative estimate of drug-likeness (QED) is 0.830. The number of rotatable bonds is 5. The van der Waals surface area contributed by atoms with E-state index in [4.69, 9.17) is 10.5 Å². The van der Waals surface area contributed by atoms with E-state index < -0.39 is 11.7 Å². The Balaban J connectivity index is 1.93. The summed E-state index contributed by atoms with van der Waals surface area (Å²) < 4.78 is 19.2. The zero-order valence-corrected chi connectivity index (χ0v) is 10.3. The molecule has 1 aliphatic carbocycles. The SMILES string of the molecule is CNCC1CC(Oc2ccc(C(N)=O)cc2F)C1. The molecule has 0 unspecified atom stereocenters. The number of ether oxygens (including phenoxy) is 1. The van der Waals surface area contributed by atoms with Crippen molar-refractivity contribution in [2.24, 2.45) is 11.7 Å². The van der Waals surface area contributed by atoms with Crippen molar-refractivity contribution in [2.75, 3.05) is 13.6 Å². The second-order valence-electron chi connectivity index (χ2n) is 4.64. The van der Waals surface area contributed by atoms with Crippen LogP contribution in [0.15, 0.2) is 18.2 Å². The Hall–Kier alpha value is -1.62. The number of primary amides is 1. The molecule has 3 N–H and O–H groups in total. The van der Waals surface area contributed by atoms with Crippen LogP contribution < -0.4 is 15.8 Å². The molecule has 98 valence electrons. The van der Waals surface area contributed by atoms with E-state index in [1.54, 1.807) is 0 Å². The second-order valence-corrected chi connectivity index (χ2v) is 4.64. The molecule has 1 saturated carbocycles. The molecule has 0 bridgehead atoms. The van der Waals surface area contributed by atoms with Crippen molar-refractivity contribution in [3.05, 3.63) is 29.6 Å². The van der Waals surface area contributed by atoms with E-state index in [1.165, 1.54) is 12.1 Å². The van der Waals surface area contributed by atoms with Crippen molar-refractivity contribution < 1.29 is 13.9 Å². The lowest BCUT2D eigenvalue weighted by Crippen LogP contribution is -2.38. The maximum Gasteiger partial charge on any atom is 0.248 e. The first-order valence-corrected chi connectivity index (χ1v) is 6.00. The Morgan fingerprint density at radius 3 is 2.83 bits per heavy atom. The predicted molar refractivity (Wildman–Crippen MR) is 66.0 cm³/mol. The second kappa shape index (κ2) is 5.35. The van der Waals surface area contributed by atoms with Crippen LogP contribution >= 0.6 is 0 Å². The number of hydrogen-bond acceptors (Lipinski definition) is 3. The number of nitrogens with two attached hydrogens (primary N) is 1. The third kappa shape index (κ3) is 2.79. The number of carbonyl (C=O) groups is 1. The fourth-order valence-corrected chi connectivity index (χ4v) is 2.16. The average molecular weight is 252 g/mol. The number of amides is 1.